The third-order valence-electron chi connectivity index (χ3n) is 6.12. The molecule has 1 aliphatic rings. The summed E-state index contributed by atoms with van der Waals surface area (Å²) in [6, 6.07) is 14.6. The van der Waals surface area contributed by atoms with Crippen LogP contribution < -0.4 is 10.2 Å². The number of aryl methyl sites for hydroxylation is 2. The lowest BCUT2D eigenvalue weighted by molar-refractivity contribution is 0.131. The number of hydrogen-bond acceptors (Lipinski definition) is 5. The number of carbonyl (C=O) groups excluding carboxylic acids is 1. The highest BCUT2D eigenvalue weighted by molar-refractivity contribution is 5.91. The van der Waals surface area contributed by atoms with E-state index < -0.39 is 0 Å². The van der Waals surface area contributed by atoms with E-state index in [4.69, 9.17) is 14.7 Å². The van der Waals surface area contributed by atoms with Crippen LogP contribution >= 0.6 is 0 Å². The van der Waals surface area contributed by atoms with Gasteiger partial charge in [0.25, 0.3) is 0 Å². The highest BCUT2D eigenvalue weighted by Gasteiger charge is 2.24. The van der Waals surface area contributed by atoms with E-state index in [9.17, 15) is 4.79 Å². The summed E-state index contributed by atoms with van der Waals surface area (Å²) in [6.45, 7) is 11.1. The molecule has 1 amide bonds. The van der Waals surface area contributed by atoms with Gasteiger partial charge >= 0.3 is 6.09 Å². The average Bonchev–Trinajstić information content (AvgIpc) is 2.81. The lowest BCUT2D eigenvalue weighted by Crippen LogP contribution is -2.41. The minimum absolute atomic E-state index is 0.328. The molecule has 0 spiro atoms. The molecule has 1 atom stereocenters. The number of piperidine rings is 1. The van der Waals surface area contributed by atoms with Crippen LogP contribution in [0.15, 0.2) is 42.5 Å². The fourth-order valence-electron chi connectivity index (χ4n) is 4.35. The van der Waals surface area contributed by atoms with Crippen LogP contribution in [0.3, 0.4) is 0 Å². The number of amides is 1. The summed E-state index contributed by atoms with van der Waals surface area (Å²) in [5.41, 5.74) is 4.38. The highest BCUT2D eigenvalue weighted by Crippen LogP contribution is 2.32. The van der Waals surface area contributed by atoms with Gasteiger partial charge in [0.1, 0.15) is 5.82 Å². The molecule has 1 aliphatic heterocycles. The van der Waals surface area contributed by atoms with Crippen molar-refractivity contribution in [3.63, 3.8) is 0 Å². The largest absolute Gasteiger partial charge is 0.449 e. The van der Waals surface area contributed by atoms with Gasteiger partial charge in [0, 0.05) is 30.6 Å². The van der Waals surface area contributed by atoms with E-state index in [1.165, 1.54) is 5.56 Å². The summed E-state index contributed by atoms with van der Waals surface area (Å²) in [4.78, 5) is 24.4. The van der Waals surface area contributed by atoms with Gasteiger partial charge in [-0.3, -0.25) is 0 Å². The van der Waals surface area contributed by atoms with Gasteiger partial charge in [-0.15, -0.1) is 0 Å². The van der Waals surface area contributed by atoms with Crippen molar-refractivity contribution in [2.24, 2.45) is 11.8 Å². The van der Waals surface area contributed by atoms with Crippen LogP contribution in [0.5, 0.6) is 0 Å². The van der Waals surface area contributed by atoms with Gasteiger partial charge in [0.15, 0.2) is 5.82 Å². The zero-order valence-electron chi connectivity index (χ0n) is 20.1. The molecule has 0 radical (unpaired) electrons. The average molecular weight is 447 g/mol. The first-order valence-corrected chi connectivity index (χ1v) is 11.9. The molecule has 174 valence electrons. The topological polar surface area (TPSA) is 67.4 Å². The predicted octanol–water partition coefficient (Wildman–Crippen LogP) is 5.51. The van der Waals surface area contributed by atoms with Gasteiger partial charge in [-0.25, -0.2) is 14.8 Å². The fraction of sp³-hybridized carbons (Fsp3) is 0.444. The van der Waals surface area contributed by atoms with Crippen molar-refractivity contribution >= 4 is 22.8 Å². The molecule has 2 aromatic carbocycles. The van der Waals surface area contributed by atoms with E-state index in [2.05, 4.69) is 54.4 Å². The number of carbonyl (C=O) groups is 1. The first-order chi connectivity index (χ1) is 15.9. The Morgan fingerprint density at radius 2 is 2.00 bits per heavy atom. The Bertz CT molecular complexity index is 1130. The Labute approximate surface area is 196 Å². The zero-order chi connectivity index (χ0) is 23.4. The molecule has 1 fully saturated rings. The Morgan fingerprint density at radius 3 is 2.79 bits per heavy atom. The Kier molecular flexibility index (Phi) is 7.11. The third-order valence-corrected chi connectivity index (χ3v) is 6.12. The summed E-state index contributed by atoms with van der Waals surface area (Å²) in [7, 11) is 0. The number of fused-ring (bicyclic) bond motifs is 1. The van der Waals surface area contributed by atoms with Crippen LogP contribution in [0.25, 0.3) is 22.3 Å². The number of benzene rings is 2. The predicted molar refractivity (Wildman–Crippen MR) is 134 cm³/mol. The molecule has 2 heterocycles. The lowest BCUT2D eigenvalue weighted by Gasteiger charge is -2.34. The first kappa shape index (κ1) is 23.0. The van der Waals surface area contributed by atoms with Crippen LogP contribution in [-0.4, -0.2) is 42.3 Å². The molecule has 1 saturated heterocycles. The van der Waals surface area contributed by atoms with Crippen molar-refractivity contribution in [3.8, 4) is 11.4 Å². The quantitative estimate of drug-likeness (QED) is 0.541. The molecular formula is C27H34N4O2. The van der Waals surface area contributed by atoms with E-state index >= 15 is 0 Å². The second-order valence-electron chi connectivity index (χ2n) is 9.53. The van der Waals surface area contributed by atoms with Gasteiger partial charge in [-0.2, -0.15) is 0 Å². The van der Waals surface area contributed by atoms with Gasteiger partial charge in [0.2, 0.25) is 0 Å². The maximum Gasteiger partial charge on any atom is 0.407 e. The van der Waals surface area contributed by atoms with E-state index in [-0.39, 0.29) is 6.09 Å². The molecular weight excluding hydrogens is 412 g/mol. The number of hydrogen-bond donors (Lipinski definition) is 1. The molecule has 1 aromatic heterocycles. The Morgan fingerprint density at radius 1 is 1.18 bits per heavy atom. The number of nitrogens with zero attached hydrogens (tertiary/aromatic N) is 3. The maximum absolute atomic E-state index is 12.0. The minimum Gasteiger partial charge on any atom is -0.449 e. The highest BCUT2D eigenvalue weighted by atomic mass is 16.5. The van der Waals surface area contributed by atoms with Crippen LogP contribution in [0.1, 0.15) is 37.8 Å². The summed E-state index contributed by atoms with van der Waals surface area (Å²) in [6.07, 6.45) is 1.81. The summed E-state index contributed by atoms with van der Waals surface area (Å²) < 4.78 is 5.27. The van der Waals surface area contributed by atoms with Crippen LogP contribution in [0, 0.1) is 25.7 Å². The Hall–Kier alpha value is -3.15. The molecule has 1 N–H and O–H groups in total. The number of nitrogens with one attached hydrogen (secondary N) is 1. The van der Waals surface area contributed by atoms with Crippen LogP contribution in [0.4, 0.5) is 10.6 Å². The minimum atomic E-state index is -0.328. The van der Waals surface area contributed by atoms with Crippen molar-refractivity contribution in [2.45, 2.75) is 40.5 Å². The SMILES string of the molecule is Cc1ccc2c(N3CCC[C@@H](CNC(=O)OCC(C)C)C3)nc(-c3ccccc3C)nc2c1. The van der Waals surface area contributed by atoms with E-state index in [0.717, 1.165) is 59.6 Å². The van der Waals surface area contributed by atoms with Gasteiger partial charge in [-0.1, -0.05) is 44.2 Å². The molecule has 0 aliphatic carbocycles. The third kappa shape index (κ3) is 5.62. The fourth-order valence-corrected chi connectivity index (χ4v) is 4.35. The second kappa shape index (κ2) is 10.2. The van der Waals surface area contributed by atoms with Gasteiger partial charge in [-0.05, 0) is 61.8 Å². The van der Waals surface area contributed by atoms with Gasteiger partial charge < -0.3 is 15.0 Å². The number of aromatic nitrogens is 2. The van der Waals surface area contributed by atoms with Crippen molar-refractivity contribution in [1.29, 1.82) is 0 Å². The van der Waals surface area contributed by atoms with Crippen LogP contribution in [0.2, 0.25) is 0 Å². The molecule has 3 aromatic rings. The van der Waals surface area contributed by atoms with Crippen molar-refractivity contribution < 1.29 is 9.53 Å². The smallest absolute Gasteiger partial charge is 0.407 e. The molecule has 4 rings (SSSR count). The van der Waals surface area contributed by atoms with Crippen LogP contribution in [-0.2, 0) is 4.74 Å². The zero-order valence-corrected chi connectivity index (χ0v) is 20.1. The normalized spacial score (nSPS) is 16.3. The lowest BCUT2D eigenvalue weighted by atomic mass is 9.97. The van der Waals surface area contributed by atoms with Crippen molar-refractivity contribution in [1.82, 2.24) is 15.3 Å². The Balaban J connectivity index is 1.59. The molecule has 6 nitrogen and oxygen atoms in total. The van der Waals surface area contributed by atoms with E-state index in [1.807, 2.05) is 26.0 Å². The molecule has 33 heavy (non-hydrogen) atoms. The number of ether oxygens (including phenoxy) is 1. The monoisotopic (exact) mass is 446 g/mol. The summed E-state index contributed by atoms with van der Waals surface area (Å²) in [5.74, 6) is 2.42. The number of rotatable bonds is 6. The van der Waals surface area contributed by atoms with E-state index in [0.29, 0.717) is 25.0 Å². The molecule has 0 unspecified atom stereocenters. The molecule has 0 bridgehead atoms. The summed E-state index contributed by atoms with van der Waals surface area (Å²) in [5, 5.41) is 4.02. The van der Waals surface area contributed by atoms with E-state index in [1.54, 1.807) is 0 Å². The number of alkyl carbamates (subject to hydrolysis) is 1. The van der Waals surface area contributed by atoms with Crippen molar-refractivity contribution in [2.75, 3.05) is 31.1 Å². The summed E-state index contributed by atoms with van der Waals surface area (Å²) >= 11 is 0. The van der Waals surface area contributed by atoms with Gasteiger partial charge in [0.05, 0.1) is 12.1 Å². The number of anilines is 1. The second-order valence-corrected chi connectivity index (χ2v) is 9.53. The van der Waals surface area contributed by atoms with Crippen molar-refractivity contribution in [3.05, 3.63) is 53.6 Å². The maximum atomic E-state index is 12.0. The molecule has 6 heteroatoms. The first-order valence-electron chi connectivity index (χ1n) is 11.9. The standard InChI is InChI=1S/C27H34N4O2/c1-18(2)17-33-27(32)28-15-21-9-7-13-31(16-21)26-23-12-11-19(3)14-24(23)29-25(30-26)22-10-6-5-8-20(22)4/h5-6,8,10-12,14,18,21H,7,9,13,15-17H2,1-4H3,(H,28,32)/t21-/m0/s1. The molecule has 0 saturated carbocycles.